The molecule has 1 N–H and O–H groups in total. The molecule has 0 aliphatic heterocycles. The minimum absolute atomic E-state index is 0. The molecule has 1 aromatic rings. The molecule has 0 heterocycles. The summed E-state index contributed by atoms with van der Waals surface area (Å²) in [5.74, 6) is -0.161. The van der Waals surface area contributed by atoms with Crippen LogP contribution in [0.15, 0.2) is 22.7 Å². The summed E-state index contributed by atoms with van der Waals surface area (Å²) in [6.07, 6.45) is 2.52. The first kappa shape index (κ1) is 17.4. The van der Waals surface area contributed by atoms with E-state index in [2.05, 4.69) is 21.2 Å². The predicted octanol–water partition coefficient (Wildman–Crippen LogP) is 3.11. The lowest BCUT2D eigenvalue weighted by Gasteiger charge is -2.23. The molecule has 112 valence electrons. The molecule has 0 bridgehead atoms. The largest absolute Gasteiger partial charge is 0.335 e. The molecule has 1 aliphatic rings. The van der Waals surface area contributed by atoms with Gasteiger partial charge in [-0.05, 0) is 38.1 Å². The van der Waals surface area contributed by atoms with Gasteiger partial charge in [-0.15, -0.1) is 12.4 Å². The molecule has 0 atom stereocenters. The fourth-order valence-electron chi connectivity index (χ4n) is 2.03. The van der Waals surface area contributed by atoms with E-state index in [1.807, 2.05) is 11.9 Å². The lowest BCUT2D eigenvalue weighted by Crippen LogP contribution is -2.34. The van der Waals surface area contributed by atoms with Crippen LogP contribution in [0.2, 0.25) is 0 Å². The summed E-state index contributed by atoms with van der Waals surface area (Å²) in [4.78, 5) is 13.9. The fraction of sp³-hybridized carbons (Fsp3) is 0.500. The van der Waals surface area contributed by atoms with Crippen molar-refractivity contribution < 1.29 is 9.18 Å². The summed E-state index contributed by atoms with van der Waals surface area (Å²) in [5.41, 5.74) is 0.569. The van der Waals surface area contributed by atoms with Crippen molar-refractivity contribution in [3.05, 3.63) is 34.1 Å². The molecule has 1 aliphatic carbocycles. The number of carbonyl (C=O) groups is 1. The van der Waals surface area contributed by atoms with E-state index in [9.17, 15) is 9.18 Å². The van der Waals surface area contributed by atoms with Crippen LogP contribution in [0.5, 0.6) is 0 Å². The number of amides is 1. The van der Waals surface area contributed by atoms with Gasteiger partial charge in [0.05, 0.1) is 0 Å². The van der Waals surface area contributed by atoms with E-state index in [1.54, 1.807) is 12.1 Å². The monoisotopic (exact) mass is 364 g/mol. The van der Waals surface area contributed by atoms with Gasteiger partial charge in [-0.25, -0.2) is 4.39 Å². The molecule has 20 heavy (non-hydrogen) atoms. The Kier molecular flexibility index (Phi) is 6.92. The van der Waals surface area contributed by atoms with Gasteiger partial charge >= 0.3 is 0 Å². The highest BCUT2D eigenvalue weighted by molar-refractivity contribution is 9.10. The molecular formula is C14H19BrClFN2O. The maximum absolute atomic E-state index is 13.8. The third-order valence-corrected chi connectivity index (χ3v) is 3.74. The third-order valence-electron chi connectivity index (χ3n) is 3.25. The van der Waals surface area contributed by atoms with Crippen LogP contribution < -0.4 is 5.32 Å². The van der Waals surface area contributed by atoms with Gasteiger partial charge in [-0.3, -0.25) is 4.79 Å². The van der Waals surface area contributed by atoms with Gasteiger partial charge in [0.15, 0.2) is 0 Å². The third kappa shape index (κ3) is 4.72. The van der Waals surface area contributed by atoms with Gasteiger partial charge < -0.3 is 10.2 Å². The van der Waals surface area contributed by atoms with Crippen LogP contribution in [0, 0.1) is 5.82 Å². The number of rotatable bonds is 6. The molecular weight excluding hydrogens is 347 g/mol. The Labute approximate surface area is 133 Å². The van der Waals surface area contributed by atoms with Gasteiger partial charge in [0.1, 0.15) is 5.82 Å². The van der Waals surface area contributed by atoms with E-state index in [-0.39, 0.29) is 24.1 Å². The molecule has 1 fully saturated rings. The van der Waals surface area contributed by atoms with Crippen molar-refractivity contribution >= 4 is 34.2 Å². The summed E-state index contributed by atoms with van der Waals surface area (Å²) in [6, 6.07) is 5.14. The average Bonchev–Trinajstić information content (AvgIpc) is 3.21. The number of nitrogens with one attached hydrogen (secondary N) is 1. The lowest BCUT2D eigenvalue weighted by molar-refractivity contribution is -0.132. The van der Waals surface area contributed by atoms with E-state index in [0.29, 0.717) is 31.1 Å². The van der Waals surface area contributed by atoms with Crippen LogP contribution in [0.3, 0.4) is 0 Å². The Bertz CT molecular complexity index is 468. The van der Waals surface area contributed by atoms with Crippen LogP contribution in [-0.4, -0.2) is 30.4 Å². The van der Waals surface area contributed by atoms with Crippen LogP contribution in [0.4, 0.5) is 4.39 Å². The number of carbonyl (C=O) groups excluding carboxylic acids is 1. The Balaban J connectivity index is 0.00000200. The Morgan fingerprint density at radius 2 is 2.20 bits per heavy atom. The molecule has 3 nitrogen and oxygen atoms in total. The van der Waals surface area contributed by atoms with Crippen molar-refractivity contribution in [1.29, 1.82) is 0 Å². The molecule has 1 aromatic carbocycles. The number of nitrogens with zero attached hydrogens (tertiary/aromatic N) is 1. The number of halogens is 3. The second-order valence-electron chi connectivity index (χ2n) is 4.84. The van der Waals surface area contributed by atoms with Crippen LogP contribution >= 0.6 is 28.3 Å². The van der Waals surface area contributed by atoms with Crippen molar-refractivity contribution in [2.45, 2.75) is 31.8 Å². The predicted molar refractivity (Wildman–Crippen MR) is 83.5 cm³/mol. The van der Waals surface area contributed by atoms with Crippen molar-refractivity contribution in [3.8, 4) is 0 Å². The first-order valence-electron chi connectivity index (χ1n) is 6.50. The summed E-state index contributed by atoms with van der Waals surface area (Å²) in [7, 11) is 1.82. The van der Waals surface area contributed by atoms with E-state index in [4.69, 9.17) is 0 Å². The van der Waals surface area contributed by atoms with E-state index in [0.717, 1.165) is 17.3 Å². The minimum atomic E-state index is -0.254. The van der Waals surface area contributed by atoms with Gasteiger partial charge in [0, 0.05) is 35.6 Å². The van der Waals surface area contributed by atoms with Crippen molar-refractivity contribution in [2.24, 2.45) is 0 Å². The Morgan fingerprint density at radius 1 is 1.50 bits per heavy atom. The number of hydrogen-bond acceptors (Lipinski definition) is 2. The topological polar surface area (TPSA) is 32.3 Å². The van der Waals surface area contributed by atoms with Crippen LogP contribution in [0.1, 0.15) is 24.8 Å². The van der Waals surface area contributed by atoms with Gasteiger partial charge in [-0.2, -0.15) is 0 Å². The van der Waals surface area contributed by atoms with Crippen LogP contribution in [-0.2, 0) is 11.3 Å². The Morgan fingerprint density at radius 3 is 2.80 bits per heavy atom. The number of benzene rings is 1. The Hall–Kier alpha value is -0.650. The first-order chi connectivity index (χ1) is 9.11. The first-order valence-corrected chi connectivity index (χ1v) is 7.29. The summed E-state index contributed by atoms with van der Waals surface area (Å²) in [6.45, 7) is 1.02. The molecule has 2 rings (SSSR count). The number of hydrogen-bond donors (Lipinski definition) is 1. The molecule has 0 saturated heterocycles. The molecule has 1 saturated carbocycles. The maximum atomic E-state index is 13.8. The van der Waals surface area contributed by atoms with Crippen molar-refractivity contribution in [1.82, 2.24) is 10.2 Å². The molecule has 0 unspecified atom stereocenters. The summed E-state index contributed by atoms with van der Waals surface area (Å²) < 4.78 is 14.6. The van der Waals surface area contributed by atoms with Crippen molar-refractivity contribution in [2.75, 3.05) is 13.6 Å². The standard InChI is InChI=1S/C14H18BrFN2O.ClH/c1-17-7-6-14(19)18(12-3-4-12)9-10-8-11(15)2-5-13(10)16;/h2,5,8,12,17H,3-4,6-7,9H2,1H3;1H. The highest BCUT2D eigenvalue weighted by Crippen LogP contribution is 2.30. The quantitative estimate of drug-likeness (QED) is 0.840. The van der Waals surface area contributed by atoms with Gasteiger partial charge in [0.2, 0.25) is 5.91 Å². The summed E-state index contributed by atoms with van der Waals surface area (Å²) in [5, 5.41) is 2.97. The zero-order valence-corrected chi connectivity index (χ0v) is 13.8. The second-order valence-corrected chi connectivity index (χ2v) is 5.76. The molecule has 0 radical (unpaired) electrons. The van der Waals surface area contributed by atoms with Gasteiger partial charge in [0.25, 0.3) is 0 Å². The lowest BCUT2D eigenvalue weighted by atomic mass is 10.2. The SMILES string of the molecule is CNCCC(=O)N(Cc1cc(Br)ccc1F)C1CC1.Cl. The fourth-order valence-corrected chi connectivity index (χ4v) is 2.44. The zero-order chi connectivity index (χ0) is 13.8. The zero-order valence-electron chi connectivity index (χ0n) is 11.4. The molecule has 0 aromatic heterocycles. The highest BCUT2D eigenvalue weighted by atomic mass is 79.9. The van der Waals surface area contributed by atoms with E-state index in [1.165, 1.54) is 6.07 Å². The van der Waals surface area contributed by atoms with Gasteiger partial charge in [-0.1, -0.05) is 15.9 Å². The van der Waals surface area contributed by atoms with E-state index >= 15 is 0 Å². The second kappa shape index (κ2) is 7.96. The molecule has 6 heteroatoms. The summed E-state index contributed by atoms with van der Waals surface area (Å²) >= 11 is 3.34. The molecule has 0 spiro atoms. The smallest absolute Gasteiger partial charge is 0.224 e. The molecule has 1 amide bonds. The van der Waals surface area contributed by atoms with E-state index < -0.39 is 0 Å². The average molecular weight is 366 g/mol. The minimum Gasteiger partial charge on any atom is -0.335 e. The van der Waals surface area contributed by atoms with Crippen LogP contribution in [0.25, 0.3) is 0 Å². The van der Waals surface area contributed by atoms with Crippen molar-refractivity contribution in [3.63, 3.8) is 0 Å². The normalized spacial score (nSPS) is 13.8. The maximum Gasteiger partial charge on any atom is 0.224 e. The highest BCUT2D eigenvalue weighted by Gasteiger charge is 2.32.